The van der Waals surface area contributed by atoms with E-state index in [0.29, 0.717) is 24.9 Å². The number of hydrogen-bond donors (Lipinski definition) is 2. The molecule has 1 aromatic rings. The predicted octanol–water partition coefficient (Wildman–Crippen LogP) is 0.654. The van der Waals surface area contributed by atoms with Crippen molar-refractivity contribution in [3.8, 4) is 0 Å². The highest BCUT2D eigenvalue weighted by molar-refractivity contribution is 7.91. The molecule has 0 bridgehead atoms. The van der Waals surface area contributed by atoms with E-state index in [1.54, 1.807) is 14.0 Å². The molecule has 2 heterocycles. The largest absolute Gasteiger partial charge is 0.477 e. The lowest BCUT2D eigenvalue weighted by molar-refractivity contribution is -0.132. The number of carboxylic acids is 1. The maximum Gasteiger partial charge on any atom is 0.346 e. The van der Waals surface area contributed by atoms with Gasteiger partial charge >= 0.3 is 5.97 Å². The van der Waals surface area contributed by atoms with Gasteiger partial charge in [0.1, 0.15) is 9.09 Å². The summed E-state index contributed by atoms with van der Waals surface area (Å²) in [6.45, 7) is 1.88. The molecule has 2 rings (SSSR count). The highest BCUT2D eigenvalue weighted by Crippen LogP contribution is 2.26. The number of likely N-dealkylation sites (N-methyl/N-ethyl adjacent to an activating group) is 1. The predicted molar refractivity (Wildman–Crippen MR) is 77.0 cm³/mol. The van der Waals surface area contributed by atoms with Crippen LogP contribution in [0.25, 0.3) is 0 Å². The van der Waals surface area contributed by atoms with Crippen molar-refractivity contribution in [2.75, 3.05) is 13.6 Å². The Morgan fingerprint density at radius 1 is 1.52 bits per heavy atom. The summed E-state index contributed by atoms with van der Waals surface area (Å²) in [5.41, 5.74) is 0.420. The Balaban J connectivity index is 2.17. The van der Waals surface area contributed by atoms with Crippen LogP contribution in [-0.4, -0.2) is 49.9 Å². The van der Waals surface area contributed by atoms with Gasteiger partial charge in [-0.15, -0.1) is 11.3 Å². The first-order valence-electron chi connectivity index (χ1n) is 6.30. The lowest BCUT2D eigenvalue weighted by Gasteiger charge is -2.29. The van der Waals surface area contributed by atoms with E-state index in [2.05, 4.69) is 4.72 Å². The average molecular weight is 332 g/mol. The number of hydrogen-bond acceptors (Lipinski definition) is 5. The number of aromatic carboxylic acids is 1. The summed E-state index contributed by atoms with van der Waals surface area (Å²) >= 11 is 0.734. The van der Waals surface area contributed by atoms with Gasteiger partial charge in [0.25, 0.3) is 0 Å². The minimum absolute atomic E-state index is 0.00872. The Labute approximate surface area is 126 Å². The number of likely N-dealkylation sites (tertiary alicyclic amines) is 1. The van der Waals surface area contributed by atoms with E-state index in [-0.39, 0.29) is 21.0 Å². The first-order chi connectivity index (χ1) is 9.70. The van der Waals surface area contributed by atoms with Gasteiger partial charge in [0.15, 0.2) is 0 Å². The number of piperidine rings is 1. The normalized spacial score (nSPS) is 19.8. The monoisotopic (exact) mass is 332 g/mol. The highest BCUT2D eigenvalue weighted by atomic mass is 32.2. The van der Waals surface area contributed by atoms with Crippen molar-refractivity contribution in [1.29, 1.82) is 0 Å². The number of nitrogens with one attached hydrogen (secondary N) is 1. The number of carbonyl (C=O) groups excluding carboxylic acids is 1. The fourth-order valence-electron chi connectivity index (χ4n) is 2.18. The first kappa shape index (κ1) is 15.9. The zero-order valence-electron chi connectivity index (χ0n) is 11.6. The van der Waals surface area contributed by atoms with Crippen molar-refractivity contribution in [3.63, 3.8) is 0 Å². The van der Waals surface area contributed by atoms with Crippen molar-refractivity contribution in [2.45, 2.75) is 30.0 Å². The van der Waals surface area contributed by atoms with Crippen LogP contribution in [0.15, 0.2) is 10.3 Å². The van der Waals surface area contributed by atoms with Gasteiger partial charge < -0.3 is 10.0 Å². The fourth-order valence-corrected chi connectivity index (χ4v) is 4.84. The molecule has 0 aliphatic carbocycles. The van der Waals surface area contributed by atoms with Crippen LogP contribution in [0.4, 0.5) is 0 Å². The molecule has 7 nitrogen and oxygen atoms in total. The van der Waals surface area contributed by atoms with Crippen LogP contribution in [0, 0.1) is 6.92 Å². The van der Waals surface area contributed by atoms with Crippen LogP contribution in [0.3, 0.4) is 0 Å². The van der Waals surface area contributed by atoms with E-state index in [0.717, 1.165) is 11.3 Å². The van der Waals surface area contributed by atoms with Crippen molar-refractivity contribution in [2.24, 2.45) is 0 Å². The smallest absolute Gasteiger partial charge is 0.346 e. The van der Waals surface area contributed by atoms with Gasteiger partial charge in [0, 0.05) is 26.1 Å². The molecule has 0 radical (unpaired) electrons. The highest BCUT2D eigenvalue weighted by Gasteiger charge is 2.29. The number of thiophene rings is 1. The Morgan fingerprint density at radius 3 is 2.71 bits per heavy atom. The molecular weight excluding hydrogens is 316 g/mol. The Kier molecular flexibility index (Phi) is 4.35. The number of aryl methyl sites for hydroxylation is 1. The van der Waals surface area contributed by atoms with E-state index in [4.69, 9.17) is 5.11 Å². The molecule has 1 aliphatic heterocycles. The number of nitrogens with zero attached hydrogens (tertiary/aromatic N) is 1. The first-order valence-corrected chi connectivity index (χ1v) is 8.60. The standard InChI is InChI=1S/C12H16N2O5S2/c1-7-5-10(20-11(7)12(16)17)21(18,19)13-8-3-4-9(15)14(2)6-8/h5,8,13H,3-4,6H2,1-2H3,(H,16,17). The molecule has 1 amide bonds. The summed E-state index contributed by atoms with van der Waals surface area (Å²) in [7, 11) is -2.14. The molecule has 1 aliphatic rings. The van der Waals surface area contributed by atoms with Gasteiger partial charge in [-0.2, -0.15) is 0 Å². The molecule has 1 atom stereocenters. The van der Waals surface area contributed by atoms with Gasteiger partial charge in [-0.1, -0.05) is 0 Å². The SMILES string of the molecule is Cc1cc(S(=O)(=O)NC2CCC(=O)N(C)C2)sc1C(=O)O. The topological polar surface area (TPSA) is 104 Å². The second-order valence-corrected chi connectivity index (χ2v) is 8.01. The number of carboxylic acid groups (broad SMARTS) is 1. The van der Waals surface area contributed by atoms with Crippen LogP contribution in [0.5, 0.6) is 0 Å². The zero-order chi connectivity index (χ0) is 15.8. The second-order valence-electron chi connectivity index (χ2n) is 5.01. The molecule has 0 spiro atoms. The maximum atomic E-state index is 12.3. The molecule has 2 N–H and O–H groups in total. The summed E-state index contributed by atoms with van der Waals surface area (Å²) in [4.78, 5) is 23.9. The molecule has 21 heavy (non-hydrogen) atoms. The Morgan fingerprint density at radius 2 is 2.19 bits per heavy atom. The number of amides is 1. The van der Waals surface area contributed by atoms with Gasteiger partial charge in [0.2, 0.25) is 15.9 Å². The number of carbonyl (C=O) groups is 2. The molecule has 1 fully saturated rings. The molecule has 1 unspecified atom stereocenters. The van der Waals surface area contributed by atoms with E-state index >= 15 is 0 Å². The average Bonchev–Trinajstić information content (AvgIpc) is 2.77. The van der Waals surface area contributed by atoms with Gasteiger partial charge in [0.05, 0.1) is 0 Å². The van der Waals surface area contributed by atoms with Crippen LogP contribution < -0.4 is 4.72 Å². The van der Waals surface area contributed by atoms with Crippen LogP contribution >= 0.6 is 11.3 Å². The quantitative estimate of drug-likeness (QED) is 0.843. The van der Waals surface area contributed by atoms with E-state index < -0.39 is 16.0 Å². The third-order valence-corrected chi connectivity index (χ3v) is 6.52. The lowest BCUT2D eigenvalue weighted by atomic mass is 10.1. The van der Waals surface area contributed by atoms with Gasteiger partial charge in [-0.05, 0) is 25.0 Å². The Hall–Kier alpha value is -1.45. The van der Waals surface area contributed by atoms with E-state index in [1.807, 2.05) is 0 Å². The van der Waals surface area contributed by atoms with Crippen LogP contribution in [0.2, 0.25) is 0 Å². The summed E-state index contributed by atoms with van der Waals surface area (Å²) in [6, 6.07) is 1.00. The summed E-state index contributed by atoms with van der Waals surface area (Å²) in [6.07, 6.45) is 0.742. The van der Waals surface area contributed by atoms with Gasteiger partial charge in [-0.25, -0.2) is 17.9 Å². The molecule has 0 saturated carbocycles. The summed E-state index contributed by atoms with van der Waals surface area (Å²) < 4.78 is 27.1. The molecular formula is C12H16N2O5S2. The van der Waals surface area contributed by atoms with E-state index in [1.165, 1.54) is 11.0 Å². The van der Waals surface area contributed by atoms with Crippen molar-refractivity contribution in [3.05, 3.63) is 16.5 Å². The summed E-state index contributed by atoms with van der Waals surface area (Å²) in [5, 5.41) is 8.98. The second kappa shape index (κ2) is 5.74. The number of sulfonamides is 1. The van der Waals surface area contributed by atoms with E-state index in [9.17, 15) is 18.0 Å². The van der Waals surface area contributed by atoms with Crippen LogP contribution in [0.1, 0.15) is 28.1 Å². The zero-order valence-corrected chi connectivity index (χ0v) is 13.3. The molecule has 116 valence electrons. The molecule has 1 aromatic heterocycles. The lowest BCUT2D eigenvalue weighted by Crippen LogP contribution is -2.48. The maximum absolute atomic E-state index is 12.3. The minimum atomic E-state index is -3.77. The van der Waals surface area contributed by atoms with Crippen molar-refractivity contribution in [1.82, 2.24) is 9.62 Å². The fraction of sp³-hybridized carbons (Fsp3) is 0.500. The Bertz CT molecular complexity index is 680. The van der Waals surface area contributed by atoms with Gasteiger partial charge in [-0.3, -0.25) is 4.79 Å². The molecule has 0 aromatic carbocycles. The minimum Gasteiger partial charge on any atom is -0.477 e. The van der Waals surface area contributed by atoms with Crippen molar-refractivity contribution < 1.29 is 23.1 Å². The van der Waals surface area contributed by atoms with Crippen LogP contribution in [-0.2, 0) is 14.8 Å². The molecule has 9 heteroatoms. The van der Waals surface area contributed by atoms with Crippen molar-refractivity contribution >= 4 is 33.2 Å². The summed E-state index contributed by atoms with van der Waals surface area (Å²) in [5.74, 6) is -1.15. The third-order valence-electron chi connectivity index (χ3n) is 3.30. The number of rotatable bonds is 4. The molecule has 1 saturated heterocycles. The third kappa shape index (κ3) is 3.42.